The first-order valence-electron chi connectivity index (χ1n) is 18.0. The molecule has 4 heterocycles. The Balaban J connectivity index is 1.35. The molecule has 2 fully saturated rings. The molecule has 11 heteroatoms. The molecule has 1 saturated heterocycles. The highest BCUT2D eigenvalue weighted by Gasteiger charge is 2.31. The minimum absolute atomic E-state index is 0.00948. The minimum atomic E-state index is -3.75. The fourth-order valence-corrected chi connectivity index (χ4v) is 9.87. The van der Waals surface area contributed by atoms with Gasteiger partial charge in [0.25, 0.3) is 5.91 Å². The lowest BCUT2D eigenvalue weighted by Crippen LogP contribution is -2.40. The number of hydrogen-bond donors (Lipinski definition) is 1. The number of benzene rings is 2. The van der Waals surface area contributed by atoms with E-state index >= 15 is 0 Å². The van der Waals surface area contributed by atoms with E-state index in [4.69, 9.17) is 4.98 Å². The van der Waals surface area contributed by atoms with Gasteiger partial charge in [-0.05, 0) is 99.0 Å². The van der Waals surface area contributed by atoms with Crippen molar-refractivity contribution in [2.24, 2.45) is 5.92 Å². The van der Waals surface area contributed by atoms with Gasteiger partial charge in [-0.15, -0.1) is 11.3 Å². The van der Waals surface area contributed by atoms with Crippen molar-refractivity contribution in [3.05, 3.63) is 76.7 Å². The molecule has 268 valence electrons. The summed E-state index contributed by atoms with van der Waals surface area (Å²) in [6.07, 6.45) is 8.68. The lowest BCUT2D eigenvalue weighted by atomic mass is 9.83. The van der Waals surface area contributed by atoms with Crippen LogP contribution in [0, 0.1) is 12.8 Å². The fraction of sp³-hybridized carbons (Fsp3) is 0.425. The van der Waals surface area contributed by atoms with E-state index in [9.17, 15) is 18.0 Å². The summed E-state index contributed by atoms with van der Waals surface area (Å²) in [5.74, 6) is 0.0391. The first-order chi connectivity index (χ1) is 24.4. The number of amides is 2. The predicted molar refractivity (Wildman–Crippen MR) is 207 cm³/mol. The van der Waals surface area contributed by atoms with Crippen LogP contribution < -0.4 is 4.72 Å². The van der Waals surface area contributed by atoms with E-state index in [2.05, 4.69) is 70.6 Å². The molecule has 1 atom stereocenters. The van der Waals surface area contributed by atoms with Crippen molar-refractivity contribution in [3.63, 3.8) is 0 Å². The molecule has 1 N–H and O–H groups in total. The second-order valence-electron chi connectivity index (χ2n) is 14.7. The van der Waals surface area contributed by atoms with Crippen molar-refractivity contribution in [2.45, 2.75) is 64.3 Å². The molecular weight excluding hydrogens is 679 g/mol. The van der Waals surface area contributed by atoms with Gasteiger partial charge in [0, 0.05) is 31.1 Å². The Morgan fingerprint density at radius 3 is 2.53 bits per heavy atom. The zero-order valence-electron chi connectivity index (χ0n) is 29.9. The summed E-state index contributed by atoms with van der Waals surface area (Å²) in [7, 11) is 0.287. The zero-order chi connectivity index (χ0) is 35.9. The molecule has 2 aromatic carbocycles. The summed E-state index contributed by atoms with van der Waals surface area (Å²) in [4.78, 5) is 36.9. The highest BCUT2D eigenvalue weighted by molar-refractivity contribution is 7.89. The lowest BCUT2D eigenvalue weighted by molar-refractivity contribution is -0.131. The second-order valence-corrected chi connectivity index (χ2v) is 17.5. The summed E-state index contributed by atoms with van der Waals surface area (Å²) in [6, 6.07) is 20.6. The lowest BCUT2D eigenvalue weighted by Gasteiger charge is -2.32. The standard InChI is InChI=1S/C40H47N5O4S2/c1-26-11-8-9-15-31(26)33-19-16-29-21-30(17-18-32(29)41-33)38-37(28-13-6-5-7-14-28)39-34(22-35(50-39)40(47)42-51(4,48)49)45(38)25-36(46)44(3)24-27-12-10-20-43(2)23-27/h8-9,11,15-19,21-22,27-28H,5-7,10,12-14,20,23-25H2,1-4H3,(H,42,47). The first-order valence-corrected chi connectivity index (χ1v) is 20.7. The molecule has 2 amide bonds. The van der Waals surface area contributed by atoms with E-state index in [0.717, 1.165) is 107 Å². The van der Waals surface area contributed by atoms with Gasteiger partial charge in [0.05, 0.1) is 38.3 Å². The highest BCUT2D eigenvalue weighted by Crippen LogP contribution is 2.47. The van der Waals surface area contributed by atoms with Crippen LogP contribution in [0.2, 0.25) is 0 Å². The second kappa shape index (κ2) is 14.5. The smallest absolute Gasteiger partial charge is 0.274 e. The monoisotopic (exact) mass is 725 g/mol. The van der Waals surface area contributed by atoms with Crippen LogP contribution in [0.5, 0.6) is 0 Å². The van der Waals surface area contributed by atoms with Crippen LogP contribution in [0.15, 0.2) is 60.7 Å². The molecule has 9 nitrogen and oxygen atoms in total. The van der Waals surface area contributed by atoms with Crippen molar-refractivity contribution in [1.29, 1.82) is 0 Å². The van der Waals surface area contributed by atoms with Gasteiger partial charge in [-0.3, -0.25) is 9.59 Å². The number of fused-ring (bicyclic) bond motifs is 2. The van der Waals surface area contributed by atoms with E-state index in [1.165, 1.54) is 23.3 Å². The topological polar surface area (TPSA) is 105 Å². The van der Waals surface area contributed by atoms with Gasteiger partial charge in [-0.25, -0.2) is 18.1 Å². The number of sulfonamides is 1. The van der Waals surface area contributed by atoms with Crippen LogP contribution in [0.4, 0.5) is 0 Å². The predicted octanol–water partition coefficient (Wildman–Crippen LogP) is 7.43. The highest BCUT2D eigenvalue weighted by atomic mass is 32.2. The van der Waals surface area contributed by atoms with Crippen LogP contribution in [-0.4, -0.2) is 79.6 Å². The fourth-order valence-electron chi connectivity index (χ4n) is 8.17. The first kappa shape index (κ1) is 35.3. The van der Waals surface area contributed by atoms with E-state index in [-0.39, 0.29) is 18.4 Å². The number of carbonyl (C=O) groups excluding carboxylic acids is 2. The molecular formula is C40H47N5O4S2. The average Bonchev–Trinajstić information content (AvgIpc) is 3.66. The number of carbonyl (C=O) groups is 2. The molecule has 5 aromatic rings. The number of nitrogens with zero attached hydrogens (tertiary/aromatic N) is 4. The molecule has 1 saturated carbocycles. The molecule has 7 rings (SSSR count). The van der Waals surface area contributed by atoms with Crippen LogP contribution >= 0.6 is 11.3 Å². The van der Waals surface area contributed by atoms with Crippen LogP contribution in [0.1, 0.15) is 71.7 Å². The summed E-state index contributed by atoms with van der Waals surface area (Å²) >= 11 is 1.32. The summed E-state index contributed by atoms with van der Waals surface area (Å²) in [5, 5.41) is 1.01. The molecule has 0 bridgehead atoms. The van der Waals surface area contributed by atoms with E-state index < -0.39 is 15.9 Å². The van der Waals surface area contributed by atoms with Gasteiger partial charge in [0.15, 0.2) is 0 Å². The van der Waals surface area contributed by atoms with Gasteiger partial charge in [-0.2, -0.15) is 0 Å². The third-order valence-electron chi connectivity index (χ3n) is 10.6. The summed E-state index contributed by atoms with van der Waals surface area (Å²) in [6.45, 7) is 4.96. The number of hydrogen-bond acceptors (Lipinski definition) is 7. The van der Waals surface area contributed by atoms with Crippen LogP contribution in [0.3, 0.4) is 0 Å². The van der Waals surface area contributed by atoms with Gasteiger partial charge < -0.3 is 14.4 Å². The van der Waals surface area contributed by atoms with Crippen molar-refractivity contribution in [2.75, 3.05) is 40.0 Å². The van der Waals surface area contributed by atoms with E-state index in [0.29, 0.717) is 17.3 Å². The minimum Gasteiger partial charge on any atom is -0.344 e. The molecule has 3 aromatic heterocycles. The molecule has 51 heavy (non-hydrogen) atoms. The van der Waals surface area contributed by atoms with Crippen molar-refractivity contribution in [3.8, 4) is 22.5 Å². The number of rotatable bonds is 9. The van der Waals surface area contributed by atoms with Gasteiger partial charge in [0.2, 0.25) is 15.9 Å². The Labute approximate surface area is 304 Å². The SMILES string of the molecule is Cc1ccccc1-c1ccc2cc(-c3c(C4CCCCC4)c4sc(C(=O)NS(C)(=O)=O)cc4n3CC(=O)N(C)CC3CCCN(C)C3)ccc2n1. The molecule has 1 unspecified atom stereocenters. The maximum atomic E-state index is 14.1. The van der Waals surface area contributed by atoms with E-state index in [1.807, 2.05) is 24.1 Å². The third kappa shape index (κ3) is 7.61. The van der Waals surface area contributed by atoms with Crippen molar-refractivity contribution >= 4 is 54.3 Å². The largest absolute Gasteiger partial charge is 0.344 e. The average molecular weight is 726 g/mol. The number of likely N-dealkylation sites (N-methyl/N-ethyl adjacent to an activating group) is 1. The molecule has 0 spiro atoms. The Hall–Kier alpha value is -4.06. The Kier molecular flexibility index (Phi) is 10.1. The summed E-state index contributed by atoms with van der Waals surface area (Å²) < 4.78 is 29.2. The molecule has 1 aliphatic carbocycles. The number of nitrogens with one attached hydrogen (secondary N) is 1. The number of likely N-dealkylation sites (tertiary alicyclic amines) is 1. The number of aryl methyl sites for hydroxylation is 1. The van der Waals surface area contributed by atoms with Gasteiger partial charge in [0.1, 0.15) is 6.54 Å². The number of thiophene rings is 1. The molecule has 2 aliphatic rings. The van der Waals surface area contributed by atoms with Crippen molar-refractivity contribution in [1.82, 2.24) is 24.1 Å². The normalized spacial score (nSPS) is 17.6. The van der Waals surface area contributed by atoms with E-state index in [1.54, 1.807) is 6.07 Å². The maximum absolute atomic E-state index is 14.1. The molecule has 1 aliphatic heterocycles. The Morgan fingerprint density at radius 2 is 1.78 bits per heavy atom. The van der Waals surface area contributed by atoms with Crippen molar-refractivity contribution < 1.29 is 18.0 Å². The van der Waals surface area contributed by atoms with Crippen LogP contribution in [0.25, 0.3) is 43.6 Å². The van der Waals surface area contributed by atoms with Crippen LogP contribution in [-0.2, 0) is 21.4 Å². The Bertz CT molecular complexity index is 2220. The number of pyridine rings is 1. The third-order valence-corrected chi connectivity index (χ3v) is 12.4. The number of piperidine rings is 1. The molecule has 0 radical (unpaired) electrons. The van der Waals surface area contributed by atoms with Gasteiger partial charge >= 0.3 is 0 Å². The number of aromatic nitrogens is 2. The Morgan fingerprint density at radius 1 is 1.00 bits per heavy atom. The quantitative estimate of drug-likeness (QED) is 0.170. The zero-order valence-corrected chi connectivity index (χ0v) is 31.6. The summed E-state index contributed by atoms with van der Waals surface area (Å²) in [5.41, 5.74) is 8.05. The van der Waals surface area contributed by atoms with Gasteiger partial charge in [-0.1, -0.05) is 55.7 Å². The maximum Gasteiger partial charge on any atom is 0.274 e.